The lowest BCUT2D eigenvalue weighted by Gasteiger charge is -2.55. The zero-order valence-corrected chi connectivity index (χ0v) is 15.4. The summed E-state index contributed by atoms with van der Waals surface area (Å²) in [6, 6.07) is 0. The molecule has 4 nitrogen and oxygen atoms in total. The van der Waals surface area contributed by atoms with E-state index in [-0.39, 0.29) is 10.8 Å². The Kier molecular flexibility index (Phi) is 3.60. The topological polar surface area (TPSA) is 74.6 Å². The van der Waals surface area contributed by atoms with Crippen LogP contribution in [0.2, 0.25) is 0 Å². The van der Waals surface area contributed by atoms with E-state index in [1.54, 1.807) is 6.08 Å². The van der Waals surface area contributed by atoms with E-state index >= 15 is 0 Å². The maximum Gasteiger partial charge on any atom is 0.352 e. The second kappa shape index (κ2) is 5.16. The normalized spacial score (nSPS) is 45.0. The number of ketones is 1. The van der Waals surface area contributed by atoms with Gasteiger partial charge in [0.1, 0.15) is 5.78 Å². The van der Waals surface area contributed by atoms with Crippen molar-refractivity contribution in [2.45, 2.75) is 58.8 Å². The van der Waals surface area contributed by atoms with Crippen molar-refractivity contribution in [3.8, 4) is 0 Å². The summed E-state index contributed by atoms with van der Waals surface area (Å²) < 4.78 is 11.6. The van der Waals surface area contributed by atoms with Gasteiger partial charge in [-0.1, -0.05) is 19.9 Å². The van der Waals surface area contributed by atoms with Crippen molar-refractivity contribution in [2.75, 3.05) is 0 Å². The number of rotatable bonds is 1. The van der Waals surface area contributed by atoms with Crippen molar-refractivity contribution < 1.29 is 19.1 Å². The zero-order chi connectivity index (χ0) is 17.3. The molecular formula is C19H27O4P. The van der Waals surface area contributed by atoms with Crippen molar-refractivity contribution in [3.05, 3.63) is 23.0 Å². The van der Waals surface area contributed by atoms with Crippen LogP contribution in [0.5, 0.6) is 0 Å². The Hall–Kier alpha value is -0.700. The van der Waals surface area contributed by atoms with Crippen molar-refractivity contribution in [3.63, 3.8) is 0 Å². The SMILES string of the molecule is C[C@]12CCC(P(=O)(O)O)=CC1=CC[C@@H]1[C@H]2CC[C@]2(C)C(=O)CC[C@@H]12. The van der Waals surface area contributed by atoms with Crippen LogP contribution in [0.1, 0.15) is 58.8 Å². The molecule has 2 N–H and O–H groups in total. The molecule has 2 fully saturated rings. The maximum atomic E-state index is 12.4. The highest BCUT2D eigenvalue weighted by Gasteiger charge is 2.58. The van der Waals surface area contributed by atoms with Gasteiger partial charge in [0.25, 0.3) is 0 Å². The van der Waals surface area contributed by atoms with Gasteiger partial charge in [-0.3, -0.25) is 9.36 Å². The van der Waals surface area contributed by atoms with E-state index in [9.17, 15) is 19.1 Å². The molecule has 0 aliphatic heterocycles. The first-order chi connectivity index (χ1) is 11.2. The fourth-order valence-electron chi connectivity index (χ4n) is 6.31. The van der Waals surface area contributed by atoms with Crippen molar-refractivity contribution in [1.29, 1.82) is 0 Å². The highest BCUT2D eigenvalue weighted by Crippen LogP contribution is 2.65. The summed E-state index contributed by atoms with van der Waals surface area (Å²) in [5.41, 5.74) is 1.01. The molecule has 0 unspecified atom stereocenters. The Balaban J connectivity index is 1.71. The molecule has 4 rings (SSSR count). The van der Waals surface area contributed by atoms with Crippen LogP contribution >= 0.6 is 7.60 Å². The Morgan fingerprint density at radius 1 is 1.08 bits per heavy atom. The van der Waals surface area contributed by atoms with E-state index < -0.39 is 7.60 Å². The van der Waals surface area contributed by atoms with Crippen molar-refractivity contribution in [2.24, 2.45) is 28.6 Å². The van der Waals surface area contributed by atoms with Crippen LogP contribution in [0.15, 0.2) is 23.0 Å². The number of carbonyl (C=O) groups excluding carboxylic acids is 1. The molecule has 132 valence electrons. The zero-order valence-electron chi connectivity index (χ0n) is 14.5. The highest BCUT2D eigenvalue weighted by molar-refractivity contribution is 7.56. The molecule has 0 spiro atoms. The van der Waals surface area contributed by atoms with Gasteiger partial charge in [0.2, 0.25) is 0 Å². The third-order valence-corrected chi connectivity index (χ3v) is 8.93. The fourth-order valence-corrected chi connectivity index (χ4v) is 7.02. The van der Waals surface area contributed by atoms with Crippen LogP contribution in [-0.4, -0.2) is 15.6 Å². The van der Waals surface area contributed by atoms with Crippen LogP contribution in [0.4, 0.5) is 0 Å². The van der Waals surface area contributed by atoms with Gasteiger partial charge in [0, 0.05) is 17.2 Å². The molecule has 5 heteroatoms. The smallest absolute Gasteiger partial charge is 0.321 e. The lowest BCUT2D eigenvalue weighted by molar-refractivity contribution is -0.131. The van der Waals surface area contributed by atoms with Crippen LogP contribution in [0.25, 0.3) is 0 Å². The number of hydrogen-bond acceptors (Lipinski definition) is 2. The van der Waals surface area contributed by atoms with Gasteiger partial charge in [0.05, 0.1) is 0 Å². The largest absolute Gasteiger partial charge is 0.352 e. The van der Waals surface area contributed by atoms with Crippen molar-refractivity contribution in [1.82, 2.24) is 0 Å². The van der Waals surface area contributed by atoms with Gasteiger partial charge >= 0.3 is 7.60 Å². The van der Waals surface area contributed by atoms with E-state index in [1.165, 1.54) is 0 Å². The quantitative estimate of drug-likeness (QED) is 0.696. The van der Waals surface area contributed by atoms with Gasteiger partial charge in [-0.05, 0) is 73.3 Å². The summed E-state index contributed by atoms with van der Waals surface area (Å²) in [4.78, 5) is 31.4. The molecule has 0 aromatic rings. The summed E-state index contributed by atoms with van der Waals surface area (Å²) >= 11 is 0. The van der Waals surface area contributed by atoms with Crippen LogP contribution < -0.4 is 0 Å². The van der Waals surface area contributed by atoms with Gasteiger partial charge in [-0.2, -0.15) is 0 Å². The Morgan fingerprint density at radius 3 is 2.50 bits per heavy atom. The predicted octanol–water partition coefficient (Wildman–Crippen LogP) is 4.19. The lowest BCUT2D eigenvalue weighted by Crippen LogP contribution is -2.49. The molecular weight excluding hydrogens is 323 g/mol. The minimum atomic E-state index is -4.13. The molecule has 0 bridgehead atoms. The molecule has 24 heavy (non-hydrogen) atoms. The van der Waals surface area contributed by atoms with E-state index in [2.05, 4.69) is 19.9 Å². The Morgan fingerprint density at radius 2 is 1.79 bits per heavy atom. The fraction of sp³-hybridized carbons (Fsp3) is 0.737. The third kappa shape index (κ3) is 2.19. The Bertz CT molecular complexity index is 702. The predicted molar refractivity (Wildman–Crippen MR) is 92.2 cm³/mol. The summed E-state index contributed by atoms with van der Waals surface area (Å²) in [7, 11) is -4.13. The van der Waals surface area contributed by atoms with E-state index in [4.69, 9.17) is 0 Å². The highest BCUT2D eigenvalue weighted by atomic mass is 31.2. The second-order valence-corrected chi connectivity index (χ2v) is 10.4. The lowest BCUT2D eigenvalue weighted by atomic mass is 9.49. The van der Waals surface area contributed by atoms with Crippen LogP contribution in [0, 0.1) is 28.6 Å². The molecule has 0 amide bonds. The summed E-state index contributed by atoms with van der Waals surface area (Å²) in [5, 5.41) is 0.293. The number of hydrogen-bond donors (Lipinski definition) is 2. The Labute approximate surface area is 143 Å². The summed E-state index contributed by atoms with van der Waals surface area (Å²) in [6.45, 7) is 4.46. The second-order valence-electron chi connectivity index (χ2n) is 8.79. The van der Waals surface area contributed by atoms with Gasteiger partial charge in [-0.25, -0.2) is 0 Å². The maximum absolute atomic E-state index is 12.4. The molecule has 4 aliphatic carbocycles. The molecule has 0 aromatic carbocycles. The summed E-state index contributed by atoms with van der Waals surface area (Å²) in [6.07, 6.45) is 10.1. The molecule has 0 saturated heterocycles. The third-order valence-electron chi connectivity index (χ3n) is 7.83. The van der Waals surface area contributed by atoms with Crippen molar-refractivity contribution >= 4 is 13.4 Å². The number of allylic oxidation sites excluding steroid dienone is 4. The van der Waals surface area contributed by atoms with Crippen LogP contribution in [-0.2, 0) is 9.36 Å². The minimum Gasteiger partial charge on any atom is -0.321 e. The molecule has 2 saturated carbocycles. The number of carbonyl (C=O) groups is 1. The average molecular weight is 350 g/mol. The van der Waals surface area contributed by atoms with Gasteiger partial charge < -0.3 is 9.79 Å². The number of Topliss-reactive ketones (excluding diaryl/α,β-unsaturated/α-hetero) is 1. The first kappa shape index (κ1) is 16.8. The molecule has 0 radical (unpaired) electrons. The standard InChI is InChI=1S/C19H27O4P/c1-18-9-7-13(24(21,22)23)11-12(18)3-4-14-15-5-6-17(20)19(15,2)10-8-16(14)18/h3,11,14-16H,4-10H2,1-2H3,(H2,21,22,23)/t14-,15-,16+,18-,19-/m0/s1. The molecule has 0 aromatic heterocycles. The first-order valence-corrected chi connectivity index (χ1v) is 10.8. The van der Waals surface area contributed by atoms with E-state index in [1.807, 2.05) is 0 Å². The molecule has 4 aliphatic rings. The first-order valence-electron chi connectivity index (χ1n) is 9.17. The minimum absolute atomic E-state index is 0.00849. The summed E-state index contributed by atoms with van der Waals surface area (Å²) in [5.74, 6) is 2.04. The van der Waals surface area contributed by atoms with Gasteiger partial charge in [-0.15, -0.1) is 0 Å². The molecule has 0 heterocycles. The molecule has 5 atom stereocenters. The average Bonchev–Trinajstić information content (AvgIpc) is 2.81. The van der Waals surface area contributed by atoms with Gasteiger partial charge in [0.15, 0.2) is 0 Å². The van der Waals surface area contributed by atoms with Crippen LogP contribution in [0.3, 0.4) is 0 Å². The van der Waals surface area contributed by atoms with E-state index in [0.717, 1.165) is 44.1 Å². The number of fused-ring (bicyclic) bond motifs is 5. The monoisotopic (exact) mass is 350 g/mol. The van der Waals surface area contributed by atoms with E-state index in [0.29, 0.717) is 35.3 Å².